The molecule has 9 heteroatoms. The number of aromatic amines is 1. The maximum atomic E-state index is 12.1. The lowest BCUT2D eigenvalue weighted by molar-refractivity contribution is -0.120. The summed E-state index contributed by atoms with van der Waals surface area (Å²) in [6.07, 6.45) is 0. The second-order valence-electron chi connectivity index (χ2n) is 4.67. The van der Waals surface area contributed by atoms with Crippen molar-refractivity contribution in [2.75, 3.05) is 12.5 Å². The zero-order valence-electron chi connectivity index (χ0n) is 11.8. The van der Waals surface area contributed by atoms with Gasteiger partial charge in [0.05, 0.1) is 5.25 Å². The Kier molecular flexibility index (Phi) is 4.05. The SMILES string of the molecule is C[C@H](Sc1n[nH]c(N)n1)C(=O)NCc1ccc2c(c1)OCO2. The van der Waals surface area contributed by atoms with E-state index in [1.54, 1.807) is 6.92 Å². The van der Waals surface area contributed by atoms with Gasteiger partial charge >= 0.3 is 0 Å². The van der Waals surface area contributed by atoms with Crippen LogP contribution in [0.1, 0.15) is 12.5 Å². The molecule has 116 valence electrons. The zero-order valence-corrected chi connectivity index (χ0v) is 12.6. The van der Waals surface area contributed by atoms with E-state index >= 15 is 0 Å². The zero-order chi connectivity index (χ0) is 15.5. The molecule has 0 spiro atoms. The number of ether oxygens (including phenoxy) is 2. The number of carbonyl (C=O) groups excluding carboxylic acids is 1. The lowest BCUT2D eigenvalue weighted by Crippen LogP contribution is -2.30. The number of nitrogens with one attached hydrogen (secondary N) is 2. The molecule has 1 aliphatic rings. The van der Waals surface area contributed by atoms with Crippen LogP contribution in [0.2, 0.25) is 0 Å². The minimum absolute atomic E-state index is 0.106. The Morgan fingerprint density at radius 2 is 2.32 bits per heavy atom. The average molecular weight is 321 g/mol. The number of nitrogens with zero attached hydrogens (tertiary/aromatic N) is 2. The van der Waals surface area contributed by atoms with Crippen LogP contribution >= 0.6 is 11.8 Å². The normalized spacial score (nSPS) is 13.9. The fourth-order valence-electron chi connectivity index (χ4n) is 1.91. The van der Waals surface area contributed by atoms with E-state index in [4.69, 9.17) is 15.2 Å². The topological polar surface area (TPSA) is 115 Å². The van der Waals surface area contributed by atoms with Crippen LogP contribution in [0.15, 0.2) is 23.4 Å². The Hall–Kier alpha value is -2.42. The molecule has 0 saturated carbocycles. The Bertz CT molecular complexity index is 690. The number of thioether (sulfide) groups is 1. The molecule has 4 N–H and O–H groups in total. The number of hydrogen-bond donors (Lipinski definition) is 3. The van der Waals surface area contributed by atoms with E-state index in [0.717, 1.165) is 11.3 Å². The van der Waals surface area contributed by atoms with Crippen LogP contribution in [0.5, 0.6) is 11.5 Å². The van der Waals surface area contributed by atoms with Gasteiger partial charge in [0, 0.05) is 6.54 Å². The van der Waals surface area contributed by atoms with E-state index in [-0.39, 0.29) is 23.9 Å². The van der Waals surface area contributed by atoms with Gasteiger partial charge in [-0.2, -0.15) is 4.98 Å². The molecule has 22 heavy (non-hydrogen) atoms. The molecule has 0 bridgehead atoms. The molecule has 0 radical (unpaired) electrons. The summed E-state index contributed by atoms with van der Waals surface area (Å²) in [6.45, 7) is 2.43. The minimum Gasteiger partial charge on any atom is -0.454 e. The molecule has 3 rings (SSSR count). The van der Waals surface area contributed by atoms with Gasteiger partial charge in [-0.05, 0) is 24.6 Å². The quantitative estimate of drug-likeness (QED) is 0.701. The highest BCUT2D eigenvalue weighted by atomic mass is 32.2. The summed E-state index contributed by atoms with van der Waals surface area (Å²) in [6, 6.07) is 5.58. The number of nitrogens with two attached hydrogens (primary N) is 1. The van der Waals surface area contributed by atoms with Crippen molar-refractivity contribution in [3.63, 3.8) is 0 Å². The van der Waals surface area contributed by atoms with Crippen LogP contribution in [0.4, 0.5) is 5.95 Å². The maximum Gasteiger partial charge on any atom is 0.233 e. The molecule has 1 aromatic carbocycles. The van der Waals surface area contributed by atoms with Crippen molar-refractivity contribution in [1.82, 2.24) is 20.5 Å². The van der Waals surface area contributed by atoms with Gasteiger partial charge in [0.15, 0.2) is 11.5 Å². The van der Waals surface area contributed by atoms with Crippen molar-refractivity contribution in [2.45, 2.75) is 23.9 Å². The van der Waals surface area contributed by atoms with E-state index in [1.807, 2.05) is 18.2 Å². The molecule has 1 aliphatic heterocycles. The lowest BCUT2D eigenvalue weighted by atomic mass is 10.2. The number of carbonyl (C=O) groups is 1. The fraction of sp³-hybridized carbons (Fsp3) is 0.308. The first-order valence-corrected chi connectivity index (χ1v) is 7.50. The smallest absolute Gasteiger partial charge is 0.233 e. The number of nitrogen functional groups attached to an aromatic ring is 1. The number of rotatable bonds is 5. The summed E-state index contributed by atoms with van der Waals surface area (Å²) in [4.78, 5) is 16.0. The third kappa shape index (κ3) is 3.25. The van der Waals surface area contributed by atoms with Gasteiger partial charge in [0.1, 0.15) is 0 Å². The van der Waals surface area contributed by atoms with Crippen molar-refractivity contribution in [3.05, 3.63) is 23.8 Å². The molecule has 0 aliphatic carbocycles. The van der Waals surface area contributed by atoms with Crippen LogP contribution in [0, 0.1) is 0 Å². The van der Waals surface area contributed by atoms with Crippen LogP contribution < -0.4 is 20.5 Å². The average Bonchev–Trinajstić information content (AvgIpc) is 3.12. The van der Waals surface area contributed by atoms with Gasteiger partial charge in [-0.25, -0.2) is 5.10 Å². The highest BCUT2D eigenvalue weighted by Crippen LogP contribution is 2.32. The third-order valence-corrected chi connectivity index (χ3v) is 4.00. The second kappa shape index (κ2) is 6.14. The summed E-state index contributed by atoms with van der Waals surface area (Å²) in [5, 5.41) is 9.40. The number of amides is 1. The molecule has 2 heterocycles. The number of hydrogen-bond acceptors (Lipinski definition) is 7. The molecule has 1 aromatic heterocycles. The van der Waals surface area contributed by atoms with Gasteiger partial charge in [0.2, 0.25) is 23.8 Å². The number of benzene rings is 1. The standard InChI is InChI=1S/C13H15N5O3S/c1-7(22-13-16-12(14)17-18-13)11(19)15-5-8-2-3-9-10(4-8)21-6-20-9/h2-4,7H,5-6H2,1H3,(H,15,19)(H3,14,16,17,18)/t7-/m0/s1. The number of anilines is 1. The van der Waals surface area contributed by atoms with Gasteiger partial charge in [0.25, 0.3) is 0 Å². The largest absolute Gasteiger partial charge is 0.454 e. The third-order valence-electron chi connectivity index (χ3n) is 3.04. The van der Waals surface area contributed by atoms with E-state index in [0.29, 0.717) is 17.5 Å². The van der Waals surface area contributed by atoms with E-state index < -0.39 is 0 Å². The number of aromatic nitrogens is 3. The predicted octanol–water partition coefficient (Wildman–Crippen LogP) is 0.913. The fourth-order valence-corrected chi connectivity index (χ4v) is 2.66. The first-order valence-electron chi connectivity index (χ1n) is 6.62. The first-order chi connectivity index (χ1) is 10.6. The van der Waals surface area contributed by atoms with Crippen LogP contribution in [0.25, 0.3) is 0 Å². The van der Waals surface area contributed by atoms with Crippen molar-refractivity contribution < 1.29 is 14.3 Å². The molecule has 8 nitrogen and oxygen atoms in total. The molecular formula is C13H15N5O3S. The molecule has 1 atom stereocenters. The summed E-state index contributed by atoms with van der Waals surface area (Å²) < 4.78 is 10.5. The van der Waals surface area contributed by atoms with Crippen molar-refractivity contribution in [3.8, 4) is 11.5 Å². The molecular weight excluding hydrogens is 306 g/mol. The second-order valence-corrected chi connectivity index (χ2v) is 5.98. The van der Waals surface area contributed by atoms with E-state index in [9.17, 15) is 4.79 Å². The summed E-state index contributed by atoms with van der Waals surface area (Å²) in [5.74, 6) is 1.55. The predicted molar refractivity (Wildman–Crippen MR) is 80.5 cm³/mol. The van der Waals surface area contributed by atoms with Gasteiger partial charge < -0.3 is 20.5 Å². The Labute approximate surface area is 130 Å². The van der Waals surface area contributed by atoms with Crippen molar-refractivity contribution >= 4 is 23.6 Å². The van der Waals surface area contributed by atoms with Crippen LogP contribution in [-0.2, 0) is 11.3 Å². The monoisotopic (exact) mass is 321 g/mol. The Morgan fingerprint density at radius 3 is 3.09 bits per heavy atom. The first kappa shape index (κ1) is 14.5. The molecule has 0 fully saturated rings. The number of fused-ring (bicyclic) bond motifs is 1. The summed E-state index contributed by atoms with van der Waals surface area (Å²) in [7, 11) is 0. The Morgan fingerprint density at radius 1 is 1.50 bits per heavy atom. The summed E-state index contributed by atoms with van der Waals surface area (Å²) >= 11 is 1.24. The van der Waals surface area contributed by atoms with Crippen molar-refractivity contribution in [2.24, 2.45) is 0 Å². The summed E-state index contributed by atoms with van der Waals surface area (Å²) in [5.41, 5.74) is 6.39. The lowest BCUT2D eigenvalue weighted by Gasteiger charge is -2.10. The van der Waals surface area contributed by atoms with E-state index in [2.05, 4.69) is 20.5 Å². The Balaban J connectivity index is 1.53. The molecule has 1 amide bonds. The highest BCUT2D eigenvalue weighted by molar-refractivity contribution is 8.00. The van der Waals surface area contributed by atoms with Crippen LogP contribution in [-0.4, -0.2) is 33.1 Å². The van der Waals surface area contributed by atoms with E-state index in [1.165, 1.54) is 11.8 Å². The van der Waals surface area contributed by atoms with Gasteiger partial charge in [-0.3, -0.25) is 4.79 Å². The van der Waals surface area contributed by atoms with Gasteiger partial charge in [-0.15, -0.1) is 5.10 Å². The molecule has 2 aromatic rings. The maximum absolute atomic E-state index is 12.1. The highest BCUT2D eigenvalue weighted by Gasteiger charge is 2.17. The molecule has 0 unspecified atom stereocenters. The van der Waals surface area contributed by atoms with Gasteiger partial charge in [-0.1, -0.05) is 17.8 Å². The number of H-pyrrole nitrogens is 1. The minimum atomic E-state index is -0.329. The van der Waals surface area contributed by atoms with Crippen LogP contribution in [0.3, 0.4) is 0 Å². The van der Waals surface area contributed by atoms with Crippen molar-refractivity contribution in [1.29, 1.82) is 0 Å². The molecule has 0 saturated heterocycles.